The van der Waals surface area contributed by atoms with Crippen LogP contribution in [0.4, 0.5) is 0 Å². The van der Waals surface area contributed by atoms with Crippen LogP contribution in [-0.4, -0.2) is 11.6 Å². The Labute approximate surface area is 243 Å². The largest absolute Gasteiger partial charge is 0.487 e. The maximum atomic E-state index is 13.7. The second-order valence-electron chi connectivity index (χ2n) is 12.1. The number of hydrogen-bond acceptors (Lipinski definition) is 4. The first-order chi connectivity index (χ1) is 17.7. The molecule has 5 rings (SSSR count). The first kappa shape index (κ1) is 27.6. The number of carbonyl (C=O) groups excluding carboxylic acids is 2. The molecular formula is C30H29Cl4NO3. The summed E-state index contributed by atoms with van der Waals surface area (Å²) in [6, 6.07) is 8.55. The van der Waals surface area contributed by atoms with Gasteiger partial charge in [-0.1, -0.05) is 80.2 Å². The van der Waals surface area contributed by atoms with E-state index in [4.69, 9.17) is 51.1 Å². The van der Waals surface area contributed by atoms with Crippen LogP contribution in [0.1, 0.15) is 70.4 Å². The molecular weight excluding hydrogens is 564 g/mol. The zero-order valence-electron chi connectivity index (χ0n) is 21.7. The summed E-state index contributed by atoms with van der Waals surface area (Å²) in [5.41, 5.74) is 3.87. The first-order valence-electron chi connectivity index (χ1n) is 12.6. The van der Waals surface area contributed by atoms with Gasteiger partial charge in [-0.25, -0.2) is 0 Å². The van der Waals surface area contributed by atoms with E-state index in [0.717, 1.165) is 17.0 Å². The summed E-state index contributed by atoms with van der Waals surface area (Å²) in [4.78, 5) is 27.4. The third-order valence-electron chi connectivity index (χ3n) is 7.45. The first-order valence-corrected chi connectivity index (χ1v) is 14.1. The number of benzene rings is 2. The average Bonchev–Trinajstić information content (AvgIpc) is 2.76. The van der Waals surface area contributed by atoms with E-state index < -0.39 is 5.92 Å². The van der Waals surface area contributed by atoms with Crippen molar-refractivity contribution in [2.45, 2.75) is 65.9 Å². The van der Waals surface area contributed by atoms with Crippen molar-refractivity contribution < 1.29 is 14.3 Å². The maximum Gasteiger partial charge on any atom is 0.162 e. The monoisotopic (exact) mass is 591 g/mol. The van der Waals surface area contributed by atoms with Crippen molar-refractivity contribution in [3.63, 3.8) is 0 Å². The van der Waals surface area contributed by atoms with Gasteiger partial charge in [0.25, 0.3) is 0 Å². The highest BCUT2D eigenvalue weighted by Crippen LogP contribution is 2.53. The Morgan fingerprint density at radius 2 is 1.34 bits per heavy atom. The highest BCUT2D eigenvalue weighted by molar-refractivity contribution is 6.36. The van der Waals surface area contributed by atoms with Crippen molar-refractivity contribution in [3.8, 4) is 5.75 Å². The van der Waals surface area contributed by atoms with E-state index in [9.17, 15) is 9.59 Å². The van der Waals surface area contributed by atoms with Gasteiger partial charge >= 0.3 is 0 Å². The Bertz CT molecular complexity index is 1390. The van der Waals surface area contributed by atoms with Crippen molar-refractivity contribution in [2.24, 2.45) is 10.8 Å². The van der Waals surface area contributed by atoms with Gasteiger partial charge in [-0.3, -0.25) is 9.59 Å². The van der Waals surface area contributed by atoms with Crippen LogP contribution in [0.3, 0.4) is 0 Å². The predicted molar refractivity (Wildman–Crippen MR) is 153 cm³/mol. The Morgan fingerprint density at radius 1 is 0.789 bits per heavy atom. The standard InChI is InChI=1S/C30H29Cl4NO3/c1-29(2)10-21-26(23(36)12-29)25(27-22(35-21)11-30(3,4)13-24(27)37)18-7-17(32)9-20(34)28(18)38-14-15-5-6-16(31)8-19(15)33/h5-9,25,35H,10-14H2,1-4H3. The molecule has 0 amide bonds. The number of halogens is 4. The average molecular weight is 593 g/mol. The minimum absolute atomic E-state index is 0.0146. The predicted octanol–water partition coefficient (Wildman–Crippen LogP) is 8.85. The zero-order valence-corrected chi connectivity index (χ0v) is 24.8. The number of nitrogens with one attached hydrogen (secondary N) is 1. The summed E-state index contributed by atoms with van der Waals surface area (Å²) in [7, 11) is 0. The lowest BCUT2D eigenvalue weighted by Crippen LogP contribution is -2.42. The lowest BCUT2D eigenvalue weighted by atomic mass is 9.64. The van der Waals surface area contributed by atoms with Gasteiger partial charge in [-0.2, -0.15) is 0 Å². The smallest absolute Gasteiger partial charge is 0.162 e. The molecule has 4 nitrogen and oxygen atoms in total. The van der Waals surface area contributed by atoms with E-state index in [-0.39, 0.29) is 29.0 Å². The molecule has 2 aliphatic carbocycles. The van der Waals surface area contributed by atoms with Gasteiger partial charge in [-0.15, -0.1) is 0 Å². The number of Topliss-reactive ketones (excluding diaryl/α,β-unsaturated/α-hetero) is 2. The van der Waals surface area contributed by atoms with Gasteiger partial charge in [0.05, 0.1) is 5.02 Å². The molecule has 2 aromatic rings. The molecule has 0 saturated carbocycles. The summed E-state index contributed by atoms with van der Waals surface area (Å²) in [5, 5.41) is 5.22. The summed E-state index contributed by atoms with van der Waals surface area (Å²) in [6.07, 6.45) is 2.16. The van der Waals surface area contributed by atoms with Crippen molar-refractivity contribution >= 4 is 58.0 Å². The Morgan fingerprint density at radius 3 is 1.89 bits per heavy atom. The SMILES string of the molecule is CC1(C)CC(=O)C2=C(C1)NC1=C(C(=O)CC(C)(C)C1)C2c1cc(Cl)cc(Cl)c1OCc1ccc(Cl)cc1Cl. The van der Waals surface area contributed by atoms with E-state index in [1.54, 1.807) is 30.3 Å². The van der Waals surface area contributed by atoms with Gasteiger partial charge in [0.15, 0.2) is 11.6 Å². The molecule has 2 aromatic carbocycles. The van der Waals surface area contributed by atoms with Crippen LogP contribution in [0.2, 0.25) is 20.1 Å². The summed E-state index contributed by atoms with van der Waals surface area (Å²) < 4.78 is 6.29. The molecule has 0 aromatic heterocycles. The fourth-order valence-electron chi connectivity index (χ4n) is 5.94. The fraction of sp³-hybridized carbons (Fsp3) is 0.400. The Balaban J connectivity index is 1.67. The molecule has 0 spiro atoms. The minimum atomic E-state index is -0.625. The zero-order chi connectivity index (χ0) is 27.6. The van der Waals surface area contributed by atoms with E-state index in [1.165, 1.54) is 0 Å². The van der Waals surface area contributed by atoms with Gasteiger partial charge in [0.2, 0.25) is 0 Å². The quantitative estimate of drug-likeness (QED) is 0.385. The summed E-state index contributed by atoms with van der Waals surface area (Å²) in [6.45, 7) is 8.48. The van der Waals surface area contributed by atoms with Gasteiger partial charge in [0.1, 0.15) is 12.4 Å². The fourth-order valence-corrected chi connectivity index (χ4v) is 6.96. The molecule has 8 heteroatoms. The van der Waals surface area contributed by atoms with Crippen LogP contribution >= 0.6 is 46.4 Å². The number of rotatable bonds is 4. The third-order valence-corrected chi connectivity index (χ3v) is 8.54. The number of allylic oxidation sites excluding steroid dienone is 4. The third kappa shape index (κ3) is 5.25. The number of ether oxygens (including phenoxy) is 1. The molecule has 1 aliphatic heterocycles. The minimum Gasteiger partial charge on any atom is -0.487 e. The molecule has 1 heterocycles. The normalized spacial score (nSPS) is 20.7. The maximum absolute atomic E-state index is 13.7. The van der Waals surface area contributed by atoms with Crippen LogP contribution in [0.15, 0.2) is 52.9 Å². The van der Waals surface area contributed by atoms with Gasteiger partial charge < -0.3 is 10.1 Å². The molecule has 0 radical (unpaired) electrons. The molecule has 0 atom stereocenters. The molecule has 38 heavy (non-hydrogen) atoms. The van der Waals surface area contributed by atoms with E-state index in [0.29, 0.717) is 68.2 Å². The van der Waals surface area contributed by atoms with Gasteiger partial charge in [0, 0.05) is 67.5 Å². The molecule has 0 unspecified atom stereocenters. The number of ketones is 2. The van der Waals surface area contributed by atoms with Crippen LogP contribution in [0, 0.1) is 10.8 Å². The lowest BCUT2D eigenvalue weighted by Gasteiger charge is -2.44. The molecule has 0 bridgehead atoms. The summed E-state index contributed by atoms with van der Waals surface area (Å²) in [5.74, 6) is -0.218. The molecule has 3 aliphatic rings. The number of dihydropyridines is 1. The lowest BCUT2D eigenvalue weighted by molar-refractivity contribution is -0.119. The second-order valence-corrected chi connectivity index (χ2v) is 13.7. The van der Waals surface area contributed by atoms with E-state index >= 15 is 0 Å². The van der Waals surface area contributed by atoms with Crippen LogP contribution in [0.5, 0.6) is 5.75 Å². The molecule has 0 saturated heterocycles. The van der Waals surface area contributed by atoms with Gasteiger partial charge in [-0.05, 0) is 47.9 Å². The van der Waals surface area contributed by atoms with E-state index in [1.807, 2.05) is 0 Å². The molecule has 200 valence electrons. The van der Waals surface area contributed by atoms with Crippen molar-refractivity contribution in [1.29, 1.82) is 0 Å². The number of hydrogen-bond donors (Lipinski definition) is 1. The number of carbonyl (C=O) groups is 2. The van der Waals surface area contributed by atoms with E-state index in [2.05, 4.69) is 33.0 Å². The Hall–Kier alpha value is -1.98. The van der Waals surface area contributed by atoms with Crippen molar-refractivity contribution in [3.05, 3.63) is 84.1 Å². The van der Waals surface area contributed by atoms with Crippen LogP contribution in [0.25, 0.3) is 0 Å². The highest BCUT2D eigenvalue weighted by atomic mass is 35.5. The summed E-state index contributed by atoms with van der Waals surface area (Å²) >= 11 is 25.7. The second kappa shape index (κ2) is 9.89. The van der Waals surface area contributed by atoms with Crippen molar-refractivity contribution in [2.75, 3.05) is 0 Å². The Kier molecular flexibility index (Phi) is 7.18. The van der Waals surface area contributed by atoms with Crippen LogP contribution in [-0.2, 0) is 16.2 Å². The molecule has 0 fully saturated rings. The van der Waals surface area contributed by atoms with Crippen molar-refractivity contribution in [1.82, 2.24) is 5.32 Å². The van der Waals surface area contributed by atoms with Crippen LogP contribution < -0.4 is 10.1 Å². The topological polar surface area (TPSA) is 55.4 Å². The highest BCUT2D eigenvalue weighted by Gasteiger charge is 2.47. The molecule has 1 N–H and O–H groups in total.